The fourth-order valence-electron chi connectivity index (χ4n) is 1.89. The number of carboxylic acids is 1. The van der Waals surface area contributed by atoms with Crippen LogP contribution < -0.4 is 5.32 Å². The predicted molar refractivity (Wildman–Crippen MR) is 74.7 cm³/mol. The molecule has 4 nitrogen and oxygen atoms in total. The normalized spacial score (nSPS) is 12.5. The van der Waals surface area contributed by atoms with E-state index >= 15 is 0 Å². The molecule has 5 heteroatoms. The van der Waals surface area contributed by atoms with Gasteiger partial charge in [0.25, 0.3) is 0 Å². The Balaban J connectivity index is 1.89. The largest absolute Gasteiger partial charge is 0.477 e. The highest BCUT2D eigenvalue weighted by Gasteiger charge is 2.12. The molecule has 0 saturated heterocycles. The monoisotopic (exact) mass is 279 g/mol. The summed E-state index contributed by atoms with van der Waals surface area (Å²) in [5.74, 6) is 0.0937. The van der Waals surface area contributed by atoms with Gasteiger partial charge in [-0.15, -0.1) is 11.3 Å². The third-order valence-electron chi connectivity index (χ3n) is 2.96. The van der Waals surface area contributed by atoms with E-state index in [1.165, 1.54) is 11.3 Å². The van der Waals surface area contributed by atoms with Gasteiger partial charge in [-0.3, -0.25) is 0 Å². The Morgan fingerprint density at radius 1 is 1.58 bits per heavy atom. The van der Waals surface area contributed by atoms with E-state index in [2.05, 4.69) is 12.2 Å². The molecule has 2 N–H and O–H groups in total. The number of aryl methyl sites for hydroxylation is 1. The van der Waals surface area contributed by atoms with Crippen LogP contribution in [0.1, 0.15) is 32.8 Å². The van der Waals surface area contributed by atoms with Gasteiger partial charge in [0.05, 0.1) is 6.26 Å². The number of hydrogen-bond donors (Lipinski definition) is 2. The Bertz CT molecular complexity index is 545. The second-order valence-corrected chi connectivity index (χ2v) is 5.82. The highest BCUT2D eigenvalue weighted by Crippen LogP contribution is 2.21. The topological polar surface area (TPSA) is 62.5 Å². The van der Waals surface area contributed by atoms with Crippen LogP contribution in [0.25, 0.3) is 0 Å². The van der Waals surface area contributed by atoms with Gasteiger partial charge in [-0.25, -0.2) is 4.79 Å². The summed E-state index contributed by atoms with van der Waals surface area (Å²) >= 11 is 1.32. The third-order valence-corrected chi connectivity index (χ3v) is 4.04. The Morgan fingerprint density at radius 3 is 2.95 bits per heavy atom. The van der Waals surface area contributed by atoms with Crippen LogP contribution in [0.2, 0.25) is 0 Å². The zero-order valence-corrected chi connectivity index (χ0v) is 11.8. The molecule has 0 saturated carbocycles. The summed E-state index contributed by atoms with van der Waals surface area (Å²) in [7, 11) is 0. The lowest BCUT2D eigenvalue weighted by Gasteiger charge is -2.12. The van der Waals surface area contributed by atoms with Gasteiger partial charge in [0.2, 0.25) is 0 Å². The fraction of sp³-hybridized carbons (Fsp3) is 0.357. The molecule has 0 radical (unpaired) electrons. The minimum atomic E-state index is -0.858. The number of carboxylic acid groups (broad SMARTS) is 1. The number of hydrogen-bond acceptors (Lipinski definition) is 4. The van der Waals surface area contributed by atoms with Gasteiger partial charge in [-0.2, -0.15) is 0 Å². The average Bonchev–Trinajstić information content (AvgIpc) is 2.96. The second-order valence-electron chi connectivity index (χ2n) is 4.56. The summed E-state index contributed by atoms with van der Waals surface area (Å²) in [6.45, 7) is 4.71. The lowest BCUT2D eigenvalue weighted by Crippen LogP contribution is -2.27. The minimum absolute atomic E-state index is 0.277. The van der Waals surface area contributed by atoms with Crippen molar-refractivity contribution in [1.82, 2.24) is 5.32 Å². The first kappa shape index (κ1) is 13.8. The zero-order chi connectivity index (χ0) is 13.8. The maximum absolute atomic E-state index is 10.9. The molecular formula is C14H17NO3S. The van der Waals surface area contributed by atoms with E-state index in [0.717, 1.165) is 22.6 Å². The smallest absolute Gasteiger partial charge is 0.345 e. The standard InChI is InChI=1S/C14H17NO3S/c1-9(6-12-4-3-5-18-12)15-8-11-7-13(14(16)17)19-10(11)2/h3-5,7,9,15H,6,8H2,1-2H3,(H,16,17). The molecule has 0 fully saturated rings. The van der Waals surface area contributed by atoms with Gasteiger partial charge in [0.1, 0.15) is 10.6 Å². The Hall–Kier alpha value is -1.59. The van der Waals surface area contributed by atoms with Crippen molar-refractivity contribution in [2.24, 2.45) is 0 Å². The van der Waals surface area contributed by atoms with Gasteiger partial charge in [-0.05, 0) is 37.6 Å². The molecular weight excluding hydrogens is 262 g/mol. The van der Waals surface area contributed by atoms with Crippen molar-refractivity contribution in [2.75, 3.05) is 0 Å². The summed E-state index contributed by atoms with van der Waals surface area (Å²) in [5.41, 5.74) is 1.05. The molecule has 0 aliphatic carbocycles. The summed E-state index contributed by atoms with van der Waals surface area (Å²) < 4.78 is 5.30. The molecule has 0 spiro atoms. The highest BCUT2D eigenvalue weighted by atomic mass is 32.1. The fourth-order valence-corrected chi connectivity index (χ4v) is 2.77. The first-order valence-corrected chi connectivity index (χ1v) is 6.96. The number of rotatable bonds is 6. The molecule has 0 amide bonds. The number of aromatic carboxylic acids is 1. The first-order valence-electron chi connectivity index (χ1n) is 6.14. The molecule has 1 unspecified atom stereocenters. The molecule has 2 rings (SSSR count). The number of nitrogens with one attached hydrogen (secondary N) is 1. The van der Waals surface area contributed by atoms with Crippen molar-refractivity contribution >= 4 is 17.3 Å². The van der Waals surface area contributed by atoms with Crippen LogP contribution in [-0.2, 0) is 13.0 Å². The van der Waals surface area contributed by atoms with E-state index in [1.807, 2.05) is 19.1 Å². The Morgan fingerprint density at radius 2 is 2.37 bits per heavy atom. The molecule has 2 heterocycles. The molecule has 2 aromatic heterocycles. The van der Waals surface area contributed by atoms with E-state index in [0.29, 0.717) is 11.4 Å². The number of thiophene rings is 1. The van der Waals surface area contributed by atoms with Gasteiger partial charge in [0, 0.05) is 23.9 Å². The molecule has 0 bridgehead atoms. The molecule has 0 aromatic carbocycles. The molecule has 0 aliphatic rings. The summed E-state index contributed by atoms with van der Waals surface area (Å²) in [6.07, 6.45) is 2.49. The predicted octanol–water partition coefficient (Wildman–Crippen LogP) is 3.07. The van der Waals surface area contributed by atoms with Crippen molar-refractivity contribution in [1.29, 1.82) is 0 Å². The van der Waals surface area contributed by atoms with Crippen LogP contribution in [0, 0.1) is 6.92 Å². The van der Waals surface area contributed by atoms with Crippen molar-refractivity contribution in [3.05, 3.63) is 45.5 Å². The number of carbonyl (C=O) groups is 1. The Labute approximate surface area is 116 Å². The van der Waals surface area contributed by atoms with Gasteiger partial charge in [0.15, 0.2) is 0 Å². The van der Waals surface area contributed by atoms with E-state index in [1.54, 1.807) is 12.3 Å². The second kappa shape index (κ2) is 6.04. The van der Waals surface area contributed by atoms with Crippen LogP contribution in [-0.4, -0.2) is 17.1 Å². The van der Waals surface area contributed by atoms with Gasteiger partial charge in [-0.1, -0.05) is 0 Å². The van der Waals surface area contributed by atoms with E-state index in [-0.39, 0.29) is 6.04 Å². The lowest BCUT2D eigenvalue weighted by atomic mass is 10.1. The third kappa shape index (κ3) is 3.68. The summed E-state index contributed by atoms with van der Waals surface area (Å²) in [6, 6.07) is 5.86. The van der Waals surface area contributed by atoms with Crippen LogP contribution >= 0.6 is 11.3 Å². The molecule has 102 valence electrons. The van der Waals surface area contributed by atoms with Crippen LogP contribution in [0.3, 0.4) is 0 Å². The molecule has 1 atom stereocenters. The van der Waals surface area contributed by atoms with Crippen LogP contribution in [0.15, 0.2) is 28.9 Å². The minimum Gasteiger partial charge on any atom is -0.477 e. The zero-order valence-electron chi connectivity index (χ0n) is 11.0. The quantitative estimate of drug-likeness (QED) is 0.853. The van der Waals surface area contributed by atoms with E-state index < -0.39 is 5.97 Å². The lowest BCUT2D eigenvalue weighted by molar-refractivity contribution is 0.0702. The summed E-state index contributed by atoms with van der Waals surface area (Å²) in [5, 5.41) is 12.3. The summed E-state index contributed by atoms with van der Waals surface area (Å²) in [4.78, 5) is 12.3. The maximum atomic E-state index is 10.9. The first-order chi connectivity index (χ1) is 9.06. The average molecular weight is 279 g/mol. The van der Waals surface area contributed by atoms with Gasteiger partial charge < -0.3 is 14.8 Å². The van der Waals surface area contributed by atoms with Crippen molar-refractivity contribution in [3.63, 3.8) is 0 Å². The number of furan rings is 1. The highest BCUT2D eigenvalue weighted by molar-refractivity contribution is 7.14. The van der Waals surface area contributed by atoms with Crippen molar-refractivity contribution in [3.8, 4) is 0 Å². The van der Waals surface area contributed by atoms with E-state index in [4.69, 9.17) is 9.52 Å². The Kier molecular flexibility index (Phi) is 4.39. The molecule has 2 aromatic rings. The van der Waals surface area contributed by atoms with Gasteiger partial charge >= 0.3 is 5.97 Å². The molecule has 0 aliphatic heterocycles. The van der Waals surface area contributed by atoms with Crippen LogP contribution in [0.5, 0.6) is 0 Å². The molecule has 19 heavy (non-hydrogen) atoms. The SMILES string of the molecule is Cc1sc(C(=O)O)cc1CNC(C)Cc1ccco1. The maximum Gasteiger partial charge on any atom is 0.345 e. The van der Waals surface area contributed by atoms with Crippen molar-refractivity contribution < 1.29 is 14.3 Å². The van der Waals surface area contributed by atoms with E-state index in [9.17, 15) is 4.79 Å². The van der Waals surface area contributed by atoms with Crippen molar-refractivity contribution in [2.45, 2.75) is 32.9 Å². The van der Waals surface area contributed by atoms with Crippen LogP contribution in [0.4, 0.5) is 0 Å².